The number of amides is 1. The van der Waals surface area contributed by atoms with Crippen molar-refractivity contribution in [1.29, 1.82) is 0 Å². The molecular formula is C22H17NO4. The zero-order valence-corrected chi connectivity index (χ0v) is 14.7. The highest BCUT2D eigenvalue weighted by atomic mass is 16.4. The predicted octanol–water partition coefficient (Wildman–Crippen LogP) is 4.55. The Labute approximate surface area is 156 Å². The number of furan rings is 1. The van der Waals surface area contributed by atoms with Crippen molar-refractivity contribution in [3.05, 3.63) is 77.6 Å². The van der Waals surface area contributed by atoms with Crippen LogP contribution >= 0.6 is 0 Å². The molecule has 134 valence electrons. The van der Waals surface area contributed by atoms with Gasteiger partial charge in [0, 0.05) is 17.7 Å². The Bertz CT molecular complexity index is 1080. The van der Waals surface area contributed by atoms with Crippen molar-refractivity contribution in [3.63, 3.8) is 0 Å². The minimum absolute atomic E-state index is 0.0514. The topological polar surface area (TPSA) is 70.8 Å². The standard InChI is InChI=1S/C22H17NO4/c1-2-23-19-9-4-3-8-17(19)18(21(23)24)13-16-10-11-20(27-16)14-6-5-7-15(12-14)22(25)26/h3-13H,2H2,1H3,(H,25,26)/b18-13-. The van der Waals surface area contributed by atoms with Gasteiger partial charge in [-0.05, 0) is 43.3 Å². The number of likely N-dealkylation sites (N-methyl/N-ethyl adjacent to an activating group) is 1. The first-order chi connectivity index (χ1) is 13.1. The SMILES string of the molecule is CCN1C(=O)/C(=C\c2ccc(-c3cccc(C(=O)O)c3)o2)c2ccccc21. The number of fused-ring (bicyclic) bond motifs is 1. The third-order valence-electron chi connectivity index (χ3n) is 4.58. The number of rotatable bonds is 4. The van der Waals surface area contributed by atoms with E-state index in [2.05, 4.69) is 0 Å². The molecule has 1 aromatic heterocycles. The van der Waals surface area contributed by atoms with Gasteiger partial charge < -0.3 is 14.4 Å². The van der Waals surface area contributed by atoms with Gasteiger partial charge in [-0.15, -0.1) is 0 Å². The van der Waals surface area contributed by atoms with E-state index in [4.69, 9.17) is 9.52 Å². The van der Waals surface area contributed by atoms with Gasteiger partial charge in [0.1, 0.15) is 11.5 Å². The van der Waals surface area contributed by atoms with Crippen LogP contribution in [-0.4, -0.2) is 23.5 Å². The smallest absolute Gasteiger partial charge is 0.335 e. The molecule has 0 fully saturated rings. The second-order valence-corrected chi connectivity index (χ2v) is 6.21. The van der Waals surface area contributed by atoms with Crippen molar-refractivity contribution in [3.8, 4) is 11.3 Å². The second kappa shape index (κ2) is 6.61. The molecule has 0 saturated heterocycles. The van der Waals surface area contributed by atoms with E-state index in [0.717, 1.165) is 11.3 Å². The Morgan fingerprint density at radius 1 is 1.11 bits per heavy atom. The largest absolute Gasteiger partial charge is 0.478 e. The molecule has 0 aliphatic carbocycles. The van der Waals surface area contributed by atoms with E-state index in [1.807, 2.05) is 31.2 Å². The van der Waals surface area contributed by atoms with E-state index in [1.165, 1.54) is 6.07 Å². The highest BCUT2D eigenvalue weighted by molar-refractivity contribution is 6.35. The first-order valence-corrected chi connectivity index (χ1v) is 8.65. The van der Waals surface area contributed by atoms with Crippen LogP contribution in [0.4, 0.5) is 5.69 Å². The molecule has 4 rings (SSSR count). The van der Waals surface area contributed by atoms with E-state index >= 15 is 0 Å². The molecule has 3 aromatic rings. The summed E-state index contributed by atoms with van der Waals surface area (Å²) in [6, 6.07) is 17.8. The number of aromatic carboxylic acids is 1. The van der Waals surface area contributed by atoms with Crippen molar-refractivity contribution in [1.82, 2.24) is 0 Å². The van der Waals surface area contributed by atoms with Gasteiger partial charge in [-0.3, -0.25) is 4.79 Å². The summed E-state index contributed by atoms with van der Waals surface area (Å²) < 4.78 is 5.86. The third-order valence-corrected chi connectivity index (χ3v) is 4.58. The van der Waals surface area contributed by atoms with E-state index in [-0.39, 0.29) is 11.5 Å². The van der Waals surface area contributed by atoms with E-state index < -0.39 is 5.97 Å². The highest BCUT2D eigenvalue weighted by Crippen LogP contribution is 2.37. The molecule has 0 saturated carbocycles. The van der Waals surface area contributed by atoms with Gasteiger partial charge in [0.05, 0.1) is 16.8 Å². The number of carbonyl (C=O) groups excluding carboxylic acids is 1. The lowest BCUT2D eigenvalue weighted by molar-refractivity contribution is -0.112. The maximum Gasteiger partial charge on any atom is 0.335 e. The van der Waals surface area contributed by atoms with E-state index in [0.29, 0.717) is 29.2 Å². The van der Waals surface area contributed by atoms with Crippen LogP contribution in [0.15, 0.2) is 65.1 Å². The number of hydrogen-bond donors (Lipinski definition) is 1. The van der Waals surface area contributed by atoms with Crippen molar-refractivity contribution in [2.45, 2.75) is 6.92 Å². The van der Waals surface area contributed by atoms with Gasteiger partial charge >= 0.3 is 5.97 Å². The Balaban J connectivity index is 1.71. The monoisotopic (exact) mass is 359 g/mol. The summed E-state index contributed by atoms with van der Waals surface area (Å²) in [6.07, 6.45) is 1.74. The summed E-state index contributed by atoms with van der Waals surface area (Å²) in [5, 5.41) is 9.14. The van der Waals surface area contributed by atoms with Crippen LogP contribution in [0.3, 0.4) is 0 Å². The fourth-order valence-corrected chi connectivity index (χ4v) is 3.29. The van der Waals surface area contributed by atoms with Crippen LogP contribution in [-0.2, 0) is 4.79 Å². The number of carbonyl (C=O) groups is 2. The minimum atomic E-state index is -0.987. The molecule has 27 heavy (non-hydrogen) atoms. The van der Waals surface area contributed by atoms with Gasteiger partial charge in [-0.1, -0.05) is 30.3 Å². The number of para-hydroxylation sites is 1. The minimum Gasteiger partial charge on any atom is -0.478 e. The molecule has 0 radical (unpaired) electrons. The molecule has 1 aliphatic rings. The van der Waals surface area contributed by atoms with Gasteiger partial charge in [0.15, 0.2) is 0 Å². The molecule has 5 heteroatoms. The van der Waals surface area contributed by atoms with Crippen molar-refractivity contribution in [2.75, 3.05) is 11.4 Å². The first kappa shape index (κ1) is 16.8. The average molecular weight is 359 g/mol. The van der Waals surface area contributed by atoms with Crippen LogP contribution in [0.25, 0.3) is 23.0 Å². The molecule has 2 heterocycles. The zero-order chi connectivity index (χ0) is 19.0. The normalized spacial score (nSPS) is 14.6. The van der Waals surface area contributed by atoms with Gasteiger partial charge in [0.25, 0.3) is 5.91 Å². The van der Waals surface area contributed by atoms with Crippen LogP contribution in [0, 0.1) is 0 Å². The second-order valence-electron chi connectivity index (χ2n) is 6.21. The quantitative estimate of drug-likeness (QED) is 0.694. The average Bonchev–Trinajstić information content (AvgIpc) is 3.25. The predicted molar refractivity (Wildman–Crippen MR) is 103 cm³/mol. The first-order valence-electron chi connectivity index (χ1n) is 8.65. The molecule has 0 bridgehead atoms. The maximum atomic E-state index is 12.7. The molecule has 5 nitrogen and oxygen atoms in total. The molecule has 0 atom stereocenters. The van der Waals surface area contributed by atoms with Crippen LogP contribution < -0.4 is 4.90 Å². The highest BCUT2D eigenvalue weighted by Gasteiger charge is 2.31. The Morgan fingerprint density at radius 2 is 1.93 bits per heavy atom. The van der Waals surface area contributed by atoms with Crippen LogP contribution in [0.5, 0.6) is 0 Å². The lowest BCUT2D eigenvalue weighted by Gasteiger charge is -2.13. The fraction of sp³-hybridized carbons (Fsp3) is 0.0909. The summed E-state index contributed by atoms with van der Waals surface area (Å²) in [5.74, 6) is 0.0564. The summed E-state index contributed by atoms with van der Waals surface area (Å²) in [7, 11) is 0. The molecule has 0 unspecified atom stereocenters. The van der Waals surface area contributed by atoms with Crippen LogP contribution in [0.2, 0.25) is 0 Å². The maximum absolute atomic E-state index is 12.7. The zero-order valence-electron chi connectivity index (χ0n) is 14.7. The summed E-state index contributed by atoms with van der Waals surface area (Å²) in [4.78, 5) is 25.6. The molecule has 0 spiro atoms. The molecular weight excluding hydrogens is 342 g/mol. The summed E-state index contributed by atoms with van der Waals surface area (Å²) in [5.41, 5.74) is 3.25. The molecule has 1 amide bonds. The van der Waals surface area contributed by atoms with Crippen molar-refractivity contribution < 1.29 is 19.1 Å². The third kappa shape index (κ3) is 2.93. The number of carboxylic acids is 1. The lowest BCUT2D eigenvalue weighted by atomic mass is 10.1. The molecule has 1 aliphatic heterocycles. The Hall–Kier alpha value is -3.60. The summed E-state index contributed by atoms with van der Waals surface area (Å²) >= 11 is 0. The molecule has 2 aromatic carbocycles. The number of benzene rings is 2. The van der Waals surface area contributed by atoms with Crippen molar-refractivity contribution >= 4 is 29.2 Å². The van der Waals surface area contributed by atoms with Gasteiger partial charge in [-0.25, -0.2) is 4.79 Å². The Morgan fingerprint density at radius 3 is 2.70 bits per heavy atom. The van der Waals surface area contributed by atoms with Crippen molar-refractivity contribution in [2.24, 2.45) is 0 Å². The lowest BCUT2D eigenvalue weighted by Crippen LogP contribution is -2.25. The fourth-order valence-electron chi connectivity index (χ4n) is 3.29. The van der Waals surface area contributed by atoms with Crippen LogP contribution in [0.1, 0.15) is 28.6 Å². The molecule has 1 N–H and O–H groups in total. The Kier molecular flexibility index (Phi) is 4.12. The number of nitrogens with zero attached hydrogens (tertiary/aromatic N) is 1. The number of carboxylic acid groups (broad SMARTS) is 1. The number of hydrogen-bond acceptors (Lipinski definition) is 3. The van der Waals surface area contributed by atoms with Gasteiger partial charge in [-0.2, -0.15) is 0 Å². The number of anilines is 1. The van der Waals surface area contributed by atoms with E-state index in [1.54, 1.807) is 41.3 Å². The van der Waals surface area contributed by atoms with E-state index in [9.17, 15) is 9.59 Å². The summed E-state index contributed by atoms with van der Waals surface area (Å²) in [6.45, 7) is 2.54. The van der Waals surface area contributed by atoms with Gasteiger partial charge in [0.2, 0.25) is 0 Å².